The van der Waals surface area contributed by atoms with Gasteiger partial charge in [0.05, 0.1) is 6.42 Å². The van der Waals surface area contributed by atoms with Gasteiger partial charge >= 0.3 is 5.97 Å². The maximum absolute atomic E-state index is 12.4. The Morgan fingerprint density at radius 3 is 2.87 bits per heavy atom. The Labute approximate surface area is 133 Å². The molecule has 1 aromatic heterocycles. The van der Waals surface area contributed by atoms with Crippen molar-refractivity contribution in [1.29, 1.82) is 0 Å². The van der Waals surface area contributed by atoms with E-state index in [1.807, 2.05) is 0 Å². The van der Waals surface area contributed by atoms with Gasteiger partial charge in [0.2, 0.25) is 0 Å². The molecule has 2 N–H and O–H groups in total. The summed E-state index contributed by atoms with van der Waals surface area (Å²) in [6.07, 6.45) is 4.76. The fourth-order valence-electron chi connectivity index (χ4n) is 2.86. The molecule has 1 aromatic carbocycles. The second-order valence-electron chi connectivity index (χ2n) is 5.72. The Morgan fingerprint density at radius 2 is 2.04 bits per heavy atom. The van der Waals surface area contributed by atoms with Crippen molar-refractivity contribution in [2.75, 3.05) is 5.32 Å². The van der Waals surface area contributed by atoms with E-state index in [9.17, 15) is 9.59 Å². The lowest BCUT2D eigenvalue weighted by molar-refractivity contribution is -0.136. The molecular formula is C17H18N2O4. The quantitative estimate of drug-likeness (QED) is 0.847. The van der Waals surface area contributed by atoms with Crippen molar-refractivity contribution in [1.82, 2.24) is 5.16 Å². The van der Waals surface area contributed by atoms with Gasteiger partial charge in [-0.05, 0) is 37.0 Å². The van der Waals surface area contributed by atoms with Crippen LogP contribution in [-0.2, 0) is 24.1 Å². The van der Waals surface area contributed by atoms with Gasteiger partial charge in [-0.1, -0.05) is 23.7 Å². The minimum Gasteiger partial charge on any atom is -0.481 e. The Kier molecular flexibility index (Phi) is 4.41. The number of aryl methyl sites for hydroxylation is 1. The summed E-state index contributed by atoms with van der Waals surface area (Å²) in [6, 6.07) is 6.82. The van der Waals surface area contributed by atoms with E-state index in [4.69, 9.17) is 9.63 Å². The van der Waals surface area contributed by atoms with Crippen molar-refractivity contribution in [2.24, 2.45) is 0 Å². The van der Waals surface area contributed by atoms with Crippen LogP contribution in [0.1, 0.15) is 46.6 Å². The molecule has 3 rings (SSSR count). The summed E-state index contributed by atoms with van der Waals surface area (Å²) in [5, 5.41) is 15.5. The third kappa shape index (κ3) is 3.59. The summed E-state index contributed by atoms with van der Waals surface area (Å²) >= 11 is 0. The number of rotatable bonds is 4. The number of carboxylic acid groups (broad SMARTS) is 1. The van der Waals surface area contributed by atoms with E-state index < -0.39 is 5.97 Å². The summed E-state index contributed by atoms with van der Waals surface area (Å²) in [5.41, 5.74) is 2.43. The van der Waals surface area contributed by atoms with E-state index in [0.717, 1.165) is 43.4 Å². The number of aromatic nitrogens is 1. The van der Waals surface area contributed by atoms with E-state index in [1.54, 1.807) is 24.3 Å². The van der Waals surface area contributed by atoms with Gasteiger partial charge in [0.25, 0.3) is 5.91 Å². The number of carboxylic acids is 1. The molecule has 1 aliphatic rings. The zero-order chi connectivity index (χ0) is 16.2. The Hall–Kier alpha value is -2.63. The smallest absolute Gasteiger partial charge is 0.307 e. The van der Waals surface area contributed by atoms with E-state index >= 15 is 0 Å². The third-order valence-electron chi connectivity index (χ3n) is 3.96. The average molecular weight is 314 g/mol. The van der Waals surface area contributed by atoms with Crippen LogP contribution in [0.15, 0.2) is 28.8 Å². The van der Waals surface area contributed by atoms with Gasteiger partial charge < -0.3 is 14.9 Å². The number of nitrogens with zero attached hydrogens (tertiary/aromatic N) is 1. The van der Waals surface area contributed by atoms with Crippen molar-refractivity contribution in [2.45, 2.75) is 38.5 Å². The maximum Gasteiger partial charge on any atom is 0.307 e. The largest absolute Gasteiger partial charge is 0.481 e. The molecule has 23 heavy (non-hydrogen) atoms. The minimum absolute atomic E-state index is 0.0803. The molecule has 0 atom stereocenters. The number of aliphatic carboxylic acids is 1. The van der Waals surface area contributed by atoms with Crippen molar-refractivity contribution in [3.05, 3.63) is 46.8 Å². The highest BCUT2D eigenvalue weighted by molar-refractivity contribution is 6.04. The molecule has 0 radical (unpaired) electrons. The Morgan fingerprint density at radius 1 is 1.22 bits per heavy atom. The number of amides is 1. The molecule has 0 saturated carbocycles. The van der Waals surface area contributed by atoms with Gasteiger partial charge in [-0.25, -0.2) is 0 Å². The Bertz CT molecular complexity index is 736. The van der Waals surface area contributed by atoms with Crippen LogP contribution >= 0.6 is 0 Å². The fraction of sp³-hybridized carbons (Fsp3) is 0.353. The molecule has 1 heterocycles. The number of fused-ring (bicyclic) bond motifs is 1. The SMILES string of the molecule is O=C(O)Cc1cccc(NC(=O)c2noc3c2CCCCC3)c1. The second-order valence-corrected chi connectivity index (χ2v) is 5.72. The van der Waals surface area contributed by atoms with Crippen molar-refractivity contribution in [3.63, 3.8) is 0 Å². The van der Waals surface area contributed by atoms with E-state index in [0.29, 0.717) is 16.9 Å². The molecule has 6 nitrogen and oxygen atoms in total. The molecule has 120 valence electrons. The van der Waals surface area contributed by atoms with Crippen LogP contribution in [0, 0.1) is 0 Å². The average Bonchev–Trinajstić information content (AvgIpc) is 2.76. The fourth-order valence-corrected chi connectivity index (χ4v) is 2.86. The summed E-state index contributed by atoms with van der Waals surface area (Å²) in [7, 11) is 0. The van der Waals surface area contributed by atoms with Crippen LogP contribution in [0.3, 0.4) is 0 Å². The second kappa shape index (κ2) is 6.64. The zero-order valence-electron chi connectivity index (χ0n) is 12.7. The summed E-state index contributed by atoms with van der Waals surface area (Å²) < 4.78 is 5.31. The molecule has 0 bridgehead atoms. The molecule has 1 amide bonds. The summed E-state index contributed by atoms with van der Waals surface area (Å²) in [4.78, 5) is 23.2. The normalized spacial score (nSPS) is 13.9. The summed E-state index contributed by atoms with van der Waals surface area (Å²) in [6.45, 7) is 0. The summed E-state index contributed by atoms with van der Waals surface area (Å²) in [5.74, 6) is -0.410. The Balaban J connectivity index is 1.77. The predicted octanol–water partition coefficient (Wildman–Crippen LogP) is 2.82. The lowest BCUT2D eigenvalue weighted by Crippen LogP contribution is -2.15. The maximum atomic E-state index is 12.4. The molecular weight excluding hydrogens is 296 g/mol. The van der Waals surface area contributed by atoms with E-state index in [1.165, 1.54) is 0 Å². The zero-order valence-corrected chi connectivity index (χ0v) is 12.7. The first kappa shape index (κ1) is 15.3. The molecule has 0 spiro atoms. The molecule has 0 fully saturated rings. The standard InChI is InChI=1S/C17H18N2O4/c20-15(21)10-11-5-4-6-12(9-11)18-17(22)16-13-7-2-1-3-8-14(13)23-19-16/h4-6,9H,1-3,7-8,10H2,(H,18,22)(H,20,21). The van der Waals surface area contributed by atoms with Crippen LogP contribution in [0.25, 0.3) is 0 Å². The number of hydrogen-bond acceptors (Lipinski definition) is 4. The van der Waals surface area contributed by atoms with Crippen LogP contribution in [0.5, 0.6) is 0 Å². The monoisotopic (exact) mass is 314 g/mol. The number of carbonyl (C=O) groups excluding carboxylic acids is 1. The predicted molar refractivity (Wildman–Crippen MR) is 83.5 cm³/mol. The van der Waals surface area contributed by atoms with Crippen LogP contribution in [0.2, 0.25) is 0 Å². The van der Waals surface area contributed by atoms with Gasteiger partial charge in [-0.3, -0.25) is 9.59 Å². The first-order valence-electron chi connectivity index (χ1n) is 7.73. The first-order valence-corrected chi connectivity index (χ1v) is 7.73. The number of carbonyl (C=O) groups is 2. The van der Waals surface area contributed by atoms with Gasteiger partial charge in [0.1, 0.15) is 5.76 Å². The van der Waals surface area contributed by atoms with Crippen LogP contribution in [-0.4, -0.2) is 22.1 Å². The lowest BCUT2D eigenvalue weighted by atomic mass is 10.1. The molecule has 0 aliphatic heterocycles. The van der Waals surface area contributed by atoms with Gasteiger partial charge in [0, 0.05) is 17.7 Å². The first-order chi connectivity index (χ1) is 11.1. The molecule has 2 aromatic rings. The number of benzene rings is 1. The van der Waals surface area contributed by atoms with Crippen molar-refractivity contribution in [3.8, 4) is 0 Å². The minimum atomic E-state index is -0.907. The number of nitrogens with one attached hydrogen (secondary N) is 1. The number of anilines is 1. The van der Waals surface area contributed by atoms with Crippen molar-refractivity contribution >= 4 is 17.6 Å². The van der Waals surface area contributed by atoms with Gasteiger partial charge in [-0.2, -0.15) is 0 Å². The lowest BCUT2D eigenvalue weighted by Gasteiger charge is -2.06. The highest BCUT2D eigenvalue weighted by Gasteiger charge is 2.23. The number of hydrogen-bond donors (Lipinski definition) is 2. The van der Waals surface area contributed by atoms with Crippen LogP contribution in [0.4, 0.5) is 5.69 Å². The highest BCUT2D eigenvalue weighted by atomic mass is 16.5. The van der Waals surface area contributed by atoms with Gasteiger partial charge in [-0.15, -0.1) is 0 Å². The van der Waals surface area contributed by atoms with E-state index in [2.05, 4.69) is 10.5 Å². The van der Waals surface area contributed by atoms with Gasteiger partial charge in [0.15, 0.2) is 5.69 Å². The topological polar surface area (TPSA) is 92.4 Å². The molecule has 0 saturated heterocycles. The van der Waals surface area contributed by atoms with Crippen LogP contribution < -0.4 is 5.32 Å². The molecule has 0 unspecified atom stereocenters. The molecule has 6 heteroatoms. The van der Waals surface area contributed by atoms with Crippen molar-refractivity contribution < 1.29 is 19.2 Å². The molecule has 1 aliphatic carbocycles. The third-order valence-corrected chi connectivity index (χ3v) is 3.96. The van der Waals surface area contributed by atoms with E-state index in [-0.39, 0.29) is 12.3 Å². The highest BCUT2D eigenvalue weighted by Crippen LogP contribution is 2.24.